The Labute approximate surface area is 187 Å². The molecule has 4 heteroatoms. The summed E-state index contributed by atoms with van der Waals surface area (Å²) in [5.41, 5.74) is 0. The van der Waals surface area contributed by atoms with Gasteiger partial charge in [0.05, 0.1) is 6.61 Å². The maximum Gasteiger partial charge on any atom is 0.328 e. The van der Waals surface area contributed by atoms with Crippen LogP contribution < -0.4 is 5.32 Å². The van der Waals surface area contributed by atoms with Gasteiger partial charge in [-0.05, 0) is 24.7 Å². The minimum atomic E-state index is -0.536. The van der Waals surface area contributed by atoms with Gasteiger partial charge in [-0.2, -0.15) is 0 Å². The molecule has 0 aliphatic heterocycles. The van der Waals surface area contributed by atoms with Crippen LogP contribution >= 0.6 is 0 Å². The summed E-state index contributed by atoms with van der Waals surface area (Å²) in [6, 6.07) is -0.536. The highest BCUT2D eigenvalue weighted by Gasteiger charge is 2.25. The van der Waals surface area contributed by atoms with E-state index in [2.05, 4.69) is 26.1 Å². The van der Waals surface area contributed by atoms with Crippen LogP contribution in [0.15, 0.2) is 0 Å². The Bertz CT molecular complexity index is 421. The Morgan fingerprint density at radius 1 is 0.733 bits per heavy atom. The van der Waals surface area contributed by atoms with Gasteiger partial charge < -0.3 is 10.1 Å². The van der Waals surface area contributed by atoms with Crippen LogP contribution in [0, 0.1) is 11.8 Å². The Morgan fingerprint density at radius 3 is 1.63 bits per heavy atom. The van der Waals surface area contributed by atoms with E-state index in [1.807, 2.05) is 13.8 Å². The molecule has 1 amide bonds. The minimum absolute atomic E-state index is 0.0300. The molecule has 178 valence electrons. The molecule has 0 bridgehead atoms. The van der Waals surface area contributed by atoms with Crippen molar-refractivity contribution in [2.24, 2.45) is 11.8 Å². The zero-order chi connectivity index (χ0) is 22.6. The number of rotatable bonds is 20. The van der Waals surface area contributed by atoms with Crippen LogP contribution in [0.1, 0.15) is 131 Å². The van der Waals surface area contributed by atoms with Gasteiger partial charge in [0.2, 0.25) is 5.91 Å². The third kappa shape index (κ3) is 17.8. The van der Waals surface area contributed by atoms with Crippen molar-refractivity contribution in [2.75, 3.05) is 6.61 Å². The lowest BCUT2D eigenvalue weighted by molar-refractivity contribution is -0.149. The molecule has 1 atom stereocenters. The minimum Gasteiger partial charge on any atom is -0.464 e. The normalized spacial score (nSPS) is 12.4. The van der Waals surface area contributed by atoms with Gasteiger partial charge in [0.1, 0.15) is 6.04 Å². The molecular weight excluding hydrogens is 374 g/mol. The number of ether oxygens (including phenoxy) is 1. The van der Waals surface area contributed by atoms with Gasteiger partial charge in [0.15, 0.2) is 0 Å². The van der Waals surface area contributed by atoms with Crippen LogP contribution in [0.2, 0.25) is 0 Å². The van der Waals surface area contributed by atoms with E-state index in [1.165, 1.54) is 70.6 Å². The third-order valence-electron chi connectivity index (χ3n) is 5.68. The van der Waals surface area contributed by atoms with Gasteiger partial charge in [-0.25, -0.2) is 4.79 Å². The Kier molecular flexibility index (Phi) is 19.2. The van der Waals surface area contributed by atoms with Crippen molar-refractivity contribution in [3.8, 4) is 0 Å². The molecule has 1 N–H and O–H groups in total. The molecule has 1 unspecified atom stereocenters. The van der Waals surface area contributed by atoms with Crippen LogP contribution in [0.4, 0.5) is 0 Å². The number of hydrogen-bond donors (Lipinski definition) is 1. The fraction of sp³-hybridized carbons (Fsp3) is 0.923. The van der Waals surface area contributed by atoms with Gasteiger partial charge in [0.25, 0.3) is 0 Å². The van der Waals surface area contributed by atoms with Crippen LogP contribution in [-0.2, 0) is 14.3 Å². The standard InChI is InChI=1S/C26H51NO3/c1-6-7-8-9-10-11-12-13-14-15-16-17-18-19-24(28)27-25(23(4)5)26(29)30-21-20-22(2)3/h22-23,25H,6-21H2,1-5H3,(H,27,28). The Balaban J connectivity index is 3.71. The number of nitrogens with one attached hydrogen (secondary N) is 1. The maximum absolute atomic E-state index is 12.3. The van der Waals surface area contributed by atoms with Crippen molar-refractivity contribution in [1.82, 2.24) is 5.32 Å². The number of hydrogen-bond acceptors (Lipinski definition) is 3. The van der Waals surface area contributed by atoms with E-state index in [-0.39, 0.29) is 17.8 Å². The molecule has 4 nitrogen and oxygen atoms in total. The average molecular weight is 426 g/mol. The molecule has 0 rings (SSSR count). The highest BCUT2D eigenvalue weighted by molar-refractivity contribution is 5.84. The molecule has 0 aliphatic rings. The number of unbranched alkanes of at least 4 members (excludes halogenated alkanes) is 12. The van der Waals surface area contributed by atoms with Gasteiger partial charge in [0, 0.05) is 6.42 Å². The number of carbonyl (C=O) groups is 2. The quantitative estimate of drug-likeness (QED) is 0.166. The predicted octanol–water partition coefficient (Wildman–Crippen LogP) is 7.20. The lowest BCUT2D eigenvalue weighted by atomic mass is 10.0. The van der Waals surface area contributed by atoms with Crippen LogP contribution in [0.25, 0.3) is 0 Å². The highest BCUT2D eigenvalue weighted by Crippen LogP contribution is 2.13. The average Bonchev–Trinajstić information content (AvgIpc) is 2.69. The Morgan fingerprint density at radius 2 is 1.20 bits per heavy atom. The van der Waals surface area contributed by atoms with E-state index in [9.17, 15) is 9.59 Å². The molecule has 0 radical (unpaired) electrons. The number of esters is 1. The summed E-state index contributed by atoms with van der Waals surface area (Å²) in [6.07, 6.45) is 18.2. The first-order valence-electron chi connectivity index (χ1n) is 12.8. The molecular formula is C26H51NO3. The molecule has 30 heavy (non-hydrogen) atoms. The molecule has 0 aromatic heterocycles. The number of carbonyl (C=O) groups excluding carboxylic acids is 2. The molecule has 0 saturated carbocycles. The third-order valence-corrected chi connectivity index (χ3v) is 5.68. The van der Waals surface area contributed by atoms with Crippen molar-refractivity contribution in [3.05, 3.63) is 0 Å². The van der Waals surface area contributed by atoms with Crippen LogP contribution in [0.5, 0.6) is 0 Å². The van der Waals surface area contributed by atoms with E-state index in [1.54, 1.807) is 0 Å². The second kappa shape index (κ2) is 19.9. The number of amides is 1. The second-order valence-corrected chi connectivity index (χ2v) is 9.63. The summed E-state index contributed by atoms with van der Waals surface area (Å²) in [5.74, 6) is 0.203. The summed E-state index contributed by atoms with van der Waals surface area (Å²) in [7, 11) is 0. The smallest absolute Gasteiger partial charge is 0.328 e. The van der Waals surface area contributed by atoms with Crippen LogP contribution in [0.3, 0.4) is 0 Å². The van der Waals surface area contributed by atoms with Crippen molar-refractivity contribution >= 4 is 11.9 Å². The molecule has 0 aliphatic carbocycles. The predicted molar refractivity (Wildman–Crippen MR) is 127 cm³/mol. The topological polar surface area (TPSA) is 55.4 Å². The van der Waals surface area contributed by atoms with Gasteiger partial charge in [-0.15, -0.1) is 0 Å². The first-order valence-corrected chi connectivity index (χ1v) is 12.8. The second-order valence-electron chi connectivity index (χ2n) is 9.63. The molecule has 0 spiro atoms. The fourth-order valence-corrected chi connectivity index (χ4v) is 3.53. The molecule has 0 heterocycles. The van der Waals surface area contributed by atoms with Crippen molar-refractivity contribution in [2.45, 2.75) is 137 Å². The van der Waals surface area contributed by atoms with E-state index >= 15 is 0 Å². The van der Waals surface area contributed by atoms with Crippen LogP contribution in [-0.4, -0.2) is 24.5 Å². The summed E-state index contributed by atoms with van der Waals surface area (Å²) in [4.78, 5) is 24.5. The largest absolute Gasteiger partial charge is 0.464 e. The summed E-state index contributed by atoms with van der Waals surface area (Å²) >= 11 is 0. The van der Waals surface area contributed by atoms with Crippen molar-refractivity contribution in [1.29, 1.82) is 0 Å². The van der Waals surface area contributed by atoms with Gasteiger partial charge >= 0.3 is 5.97 Å². The fourth-order valence-electron chi connectivity index (χ4n) is 3.53. The van der Waals surface area contributed by atoms with Gasteiger partial charge in [-0.3, -0.25) is 4.79 Å². The van der Waals surface area contributed by atoms with Crippen molar-refractivity contribution in [3.63, 3.8) is 0 Å². The van der Waals surface area contributed by atoms with E-state index < -0.39 is 6.04 Å². The van der Waals surface area contributed by atoms with E-state index in [0.29, 0.717) is 18.9 Å². The zero-order valence-corrected chi connectivity index (χ0v) is 20.8. The van der Waals surface area contributed by atoms with Gasteiger partial charge in [-0.1, -0.05) is 112 Å². The molecule has 0 fully saturated rings. The SMILES string of the molecule is CCCCCCCCCCCCCCCC(=O)NC(C(=O)OCCC(C)C)C(C)C. The Hall–Kier alpha value is -1.06. The van der Waals surface area contributed by atoms with E-state index in [4.69, 9.17) is 4.74 Å². The molecule has 0 aromatic carbocycles. The monoisotopic (exact) mass is 425 g/mol. The lowest BCUT2D eigenvalue weighted by Gasteiger charge is -2.21. The summed E-state index contributed by atoms with van der Waals surface area (Å²) in [5, 5.41) is 2.88. The first kappa shape index (κ1) is 28.9. The van der Waals surface area contributed by atoms with Crippen molar-refractivity contribution < 1.29 is 14.3 Å². The molecule has 0 aromatic rings. The van der Waals surface area contributed by atoms with E-state index in [0.717, 1.165) is 19.3 Å². The lowest BCUT2D eigenvalue weighted by Crippen LogP contribution is -2.45. The maximum atomic E-state index is 12.3. The zero-order valence-electron chi connectivity index (χ0n) is 20.8. The summed E-state index contributed by atoms with van der Waals surface area (Å²) in [6.45, 7) is 10.8. The first-order chi connectivity index (χ1) is 14.4. The highest BCUT2D eigenvalue weighted by atomic mass is 16.5. The summed E-state index contributed by atoms with van der Waals surface area (Å²) < 4.78 is 5.35. The molecule has 0 saturated heterocycles.